The van der Waals surface area contributed by atoms with Crippen molar-refractivity contribution in [3.8, 4) is 0 Å². The average Bonchev–Trinajstić information content (AvgIpc) is 3.07. The summed E-state index contributed by atoms with van der Waals surface area (Å²) in [5, 5.41) is 7.75. The number of hydrogen-bond acceptors (Lipinski definition) is 3. The van der Waals surface area contributed by atoms with E-state index in [0.29, 0.717) is 13.1 Å². The van der Waals surface area contributed by atoms with E-state index in [9.17, 15) is 0 Å². The molecule has 0 spiro atoms. The molecule has 0 saturated carbocycles. The maximum absolute atomic E-state index is 5.92. The number of para-hydroxylation sites is 1. The standard InChI is InChI=1S/C19H23N3O2.HI/c1-12-9-15(14(3)23-12)10-21-19(20-4)22-11-18-13(2)16-7-5-6-8-17(16)24-18;/h5-9H,10-11H2,1-4H3,(H2,20,21,22);1H. The maximum atomic E-state index is 5.92. The first-order chi connectivity index (χ1) is 11.6. The van der Waals surface area contributed by atoms with Crippen LogP contribution in [0, 0.1) is 20.8 Å². The highest BCUT2D eigenvalue weighted by atomic mass is 127. The van der Waals surface area contributed by atoms with Gasteiger partial charge in [0, 0.05) is 30.1 Å². The number of halogens is 1. The van der Waals surface area contributed by atoms with Gasteiger partial charge in [0.05, 0.1) is 6.54 Å². The zero-order chi connectivity index (χ0) is 17.1. The van der Waals surface area contributed by atoms with Crippen LogP contribution in [0.4, 0.5) is 0 Å². The van der Waals surface area contributed by atoms with Gasteiger partial charge in [-0.15, -0.1) is 24.0 Å². The third-order valence-corrected chi connectivity index (χ3v) is 4.17. The van der Waals surface area contributed by atoms with E-state index >= 15 is 0 Å². The van der Waals surface area contributed by atoms with Gasteiger partial charge in [0.15, 0.2) is 5.96 Å². The molecule has 0 aliphatic heterocycles. The van der Waals surface area contributed by atoms with E-state index in [0.717, 1.165) is 45.3 Å². The van der Waals surface area contributed by atoms with Crippen molar-refractivity contribution in [2.24, 2.45) is 4.99 Å². The molecule has 0 atom stereocenters. The van der Waals surface area contributed by atoms with Gasteiger partial charge in [-0.1, -0.05) is 18.2 Å². The molecule has 0 fully saturated rings. The van der Waals surface area contributed by atoms with Crippen molar-refractivity contribution < 1.29 is 8.83 Å². The summed E-state index contributed by atoms with van der Waals surface area (Å²) in [4.78, 5) is 4.26. The summed E-state index contributed by atoms with van der Waals surface area (Å²) in [7, 11) is 1.76. The number of rotatable bonds is 4. The topological polar surface area (TPSA) is 62.7 Å². The van der Waals surface area contributed by atoms with Crippen LogP contribution in [0.3, 0.4) is 0 Å². The molecule has 0 aliphatic carbocycles. The van der Waals surface area contributed by atoms with Crippen molar-refractivity contribution in [2.75, 3.05) is 7.05 Å². The van der Waals surface area contributed by atoms with Crippen molar-refractivity contribution in [1.29, 1.82) is 0 Å². The van der Waals surface area contributed by atoms with E-state index in [2.05, 4.69) is 28.6 Å². The van der Waals surface area contributed by atoms with Crippen molar-refractivity contribution in [3.05, 3.63) is 58.7 Å². The smallest absolute Gasteiger partial charge is 0.191 e. The molecule has 0 saturated heterocycles. The Balaban J connectivity index is 0.00000225. The first-order valence-corrected chi connectivity index (χ1v) is 8.06. The van der Waals surface area contributed by atoms with Gasteiger partial charge in [-0.2, -0.15) is 0 Å². The fourth-order valence-electron chi connectivity index (χ4n) is 2.82. The lowest BCUT2D eigenvalue weighted by molar-refractivity contribution is 0.500. The van der Waals surface area contributed by atoms with Crippen LogP contribution >= 0.6 is 24.0 Å². The van der Waals surface area contributed by atoms with Gasteiger partial charge in [0.25, 0.3) is 0 Å². The molecule has 25 heavy (non-hydrogen) atoms. The summed E-state index contributed by atoms with van der Waals surface area (Å²) in [6.45, 7) is 7.26. The predicted molar refractivity (Wildman–Crippen MR) is 112 cm³/mol. The Kier molecular flexibility index (Phi) is 6.52. The van der Waals surface area contributed by atoms with Crippen LogP contribution in [0.5, 0.6) is 0 Å². The van der Waals surface area contributed by atoms with Gasteiger partial charge >= 0.3 is 0 Å². The van der Waals surface area contributed by atoms with Crippen LogP contribution in [0.1, 0.15) is 28.4 Å². The number of furan rings is 2. The molecule has 3 rings (SSSR count). The van der Waals surface area contributed by atoms with Crippen LogP contribution in [0.2, 0.25) is 0 Å². The second kappa shape index (κ2) is 8.42. The number of fused-ring (bicyclic) bond motifs is 1. The van der Waals surface area contributed by atoms with Crippen molar-refractivity contribution in [3.63, 3.8) is 0 Å². The van der Waals surface area contributed by atoms with Gasteiger partial charge in [-0.3, -0.25) is 4.99 Å². The molecule has 0 unspecified atom stereocenters. The second-order valence-corrected chi connectivity index (χ2v) is 5.86. The van der Waals surface area contributed by atoms with Gasteiger partial charge in [-0.25, -0.2) is 0 Å². The van der Waals surface area contributed by atoms with Gasteiger partial charge in [-0.05, 0) is 32.9 Å². The molecule has 5 nitrogen and oxygen atoms in total. The largest absolute Gasteiger partial charge is 0.466 e. The van der Waals surface area contributed by atoms with E-state index < -0.39 is 0 Å². The molecule has 0 amide bonds. The van der Waals surface area contributed by atoms with Crippen LogP contribution < -0.4 is 10.6 Å². The summed E-state index contributed by atoms with van der Waals surface area (Å²) in [5.41, 5.74) is 3.21. The number of benzene rings is 1. The maximum Gasteiger partial charge on any atom is 0.191 e. The Morgan fingerprint density at radius 3 is 2.40 bits per heavy atom. The zero-order valence-corrected chi connectivity index (χ0v) is 17.3. The minimum Gasteiger partial charge on any atom is -0.466 e. The van der Waals surface area contributed by atoms with Crippen molar-refractivity contribution in [1.82, 2.24) is 10.6 Å². The molecule has 0 aliphatic rings. The first kappa shape index (κ1) is 19.4. The molecule has 0 radical (unpaired) electrons. The number of aryl methyl sites for hydroxylation is 3. The predicted octanol–water partition coefficient (Wildman–Crippen LogP) is 4.43. The van der Waals surface area contributed by atoms with Crippen molar-refractivity contribution >= 4 is 40.9 Å². The SMILES string of the molecule is CN=C(NCc1cc(C)oc1C)NCc1oc2ccccc2c1C.I. The lowest BCUT2D eigenvalue weighted by Crippen LogP contribution is -2.36. The van der Waals surface area contributed by atoms with Crippen molar-refractivity contribution in [2.45, 2.75) is 33.9 Å². The summed E-state index contributed by atoms with van der Waals surface area (Å²) >= 11 is 0. The molecular weight excluding hydrogens is 429 g/mol. The molecule has 6 heteroatoms. The molecule has 134 valence electrons. The molecule has 3 aromatic rings. The number of hydrogen-bond donors (Lipinski definition) is 2. The second-order valence-electron chi connectivity index (χ2n) is 5.86. The number of nitrogens with zero attached hydrogens (tertiary/aromatic N) is 1. The highest BCUT2D eigenvalue weighted by Crippen LogP contribution is 2.24. The Morgan fingerprint density at radius 1 is 1.04 bits per heavy atom. The quantitative estimate of drug-likeness (QED) is 0.349. The van der Waals surface area contributed by atoms with Gasteiger partial charge < -0.3 is 19.5 Å². The van der Waals surface area contributed by atoms with Gasteiger partial charge in [0.1, 0.15) is 22.9 Å². The molecule has 2 heterocycles. The van der Waals surface area contributed by atoms with Crippen LogP contribution in [-0.2, 0) is 13.1 Å². The number of guanidine groups is 1. The van der Waals surface area contributed by atoms with E-state index in [-0.39, 0.29) is 24.0 Å². The summed E-state index contributed by atoms with van der Waals surface area (Å²) in [6.07, 6.45) is 0. The highest BCUT2D eigenvalue weighted by molar-refractivity contribution is 14.0. The van der Waals surface area contributed by atoms with Crippen LogP contribution in [-0.4, -0.2) is 13.0 Å². The Bertz CT molecular complexity index is 880. The zero-order valence-electron chi connectivity index (χ0n) is 15.0. The summed E-state index contributed by atoms with van der Waals surface area (Å²) < 4.78 is 11.5. The Hall–Kier alpha value is -1.96. The van der Waals surface area contributed by atoms with Crippen LogP contribution in [0.25, 0.3) is 11.0 Å². The van der Waals surface area contributed by atoms with Crippen LogP contribution in [0.15, 0.2) is 44.2 Å². The van der Waals surface area contributed by atoms with E-state index in [1.165, 1.54) is 0 Å². The minimum absolute atomic E-state index is 0. The van der Waals surface area contributed by atoms with E-state index in [4.69, 9.17) is 8.83 Å². The Morgan fingerprint density at radius 2 is 1.76 bits per heavy atom. The minimum atomic E-state index is 0. The molecule has 2 aromatic heterocycles. The lowest BCUT2D eigenvalue weighted by Gasteiger charge is -2.10. The monoisotopic (exact) mass is 453 g/mol. The number of nitrogens with one attached hydrogen (secondary N) is 2. The van der Waals surface area contributed by atoms with Gasteiger partial charge in [0.2, 0.25) is 0 Å². The van der Waals surface area contributed by atoms with E-state index in [1.807, 2.05) is 38.1 Å². The summed E-state index contributed by atoms with van der Waals surface area (Å²) in [6, 6.07) is 10.1. The third-order valence-electron chi connectivity index (χ3n) is 4.17. The number of aliphatic imine (C=N–C) groups is 1. The molecule has 2 N–H and O–H groups in total. The first-order valence-electron chi connectivity index (χ1n) is 8.06. The average molecular weight is 453 g/mol. The molecular formula is C19H24IN3O2. The van der Waals surface area contributed by atoms with E-state index in [1.54, 1.807) is 7.05 Å². The fraction of sp³-hybridized carbons (Fsp3) is 0.316. The normalized spacial score (nSPS) is 11.4. The fourth-order valence-corrected chi connectivity index (χ4v) is 2.82. The Labute approximate surface area is 164 Å². The lowest BCUT2D eigenvalue weighted by atomic mass is 10.1. The summed E-state index contributed by atoms with van der Waals surface area (Å²) in [5.74, 6) is 3.51. The molecule has 1 aromatic carbocycles. The molecule has 0 bridgehead atoms. The third kappa shape index (κ3) is 4.36. The highest BCUT2D eigenvalue weighted by Gasteiger charge is 2.11.